The number of carboxylic acids is 2. The molecule has 13 heteroatoms. The third-order valence-electron chi connectivity index (χ3n) is 11.1. The van der Waals surface area contributed by atoms with Crippen LogP contribution in [0.3, 0.4) is 0 Å². The summed E-state index contributed by atoms with van der Waals surface area (Å²) in [5.74, 6) is -1.72. The number of hydrogen-bond donors (Lipinski definition) is 4. The first-order chi connectivity index (χ1) is 23.7. The van der Waals surface area contributed by atoms with Crippen LogP contribution in [0.5, 0.6) is 0 Å². The number of fused-ring (bicyclic) bond motifs is 3. The molecule has 268 valence electrons. The molecule has 2 atom stereocenters. The molecule has 0 radical (unpaired) electrons. The van der Waals surface area contributed by atoms with Crippen LogP contribution in [0.1, 0.15) is 76.5 Å². The van der Waals surface area contributed by atoms with Crippen LogP contribution in [0, 0.1) is 6.92 Å². The van der Waals surface area contributed by atoms with E-state index in [0.717, 1.165) is 40.3 Å². The maximum atomic E-state index is 12.8. The largest absolute Gasteiger partial charge is 0.481 e. The first kappa shape index (κ1) is 37.4. The van der Waals surface area contributed by atoms with Crippen molar-refractivity contribution in [3.8, 4) is 0 Å². The first-order valence-corrected chi connectivity index (χ1v) is 19.6. The quantitative estimate of drug-likeness (QED) is 0.0399. The van der Waals surface area contributed by atoms with Gasteiger partial charge in [-0.1, -0.05) is 36.1 Å². The first-order valence-electron chi connectivity index (χ1n) is 16.9. The number of aliphatic carboxylic acids is 2. The van der Waals surface area contributed by atoms with Gasteiger partial charge in [-0.25, -0.2) is 9.28 Å². The summed E-state index contributed by atoms with van der Waals surface area (Å²) in [6.07, 6.45) is 6.28. The lowest BCUT2D eigenvalue weighted by atomic mass is 9.81. The van der Waals surface area contributed by atoms with Gasteiger partial charge < -0.3 is 10.2 Å². The van der Waals surface area contributed by atoms with Gasteiger partial charge in [-0.15, -0.1) is 12.6 Å². The zero-order chi connectivity index (χ0) is 37.4. The average Bonchev–Trinajstić information content (AvgIpc) is 3.68. The van der Waals surface area contributed by atoms with E-state index in [2.05, 4.69) is 26.0 Å². The number of aryl methyl sites for hydroxylation is 1. The molecule has 9 nitrogen and oxygen atoms in total. The van der Waals surface area contributed by atoms with E-state index in [1.807, 2.05) is 43.6 Å². The highest BCUT2D eigenvalue weighted by Gasteiger charge is 2.61. The molecule has 3 aliphatic heterocycles. The molecule has 1 spiro atoms. The van der Waals surface area contributed by atoms with Gasteiger partial charge in [-0.3, -0.25) is 9.35 Å². The van der Waals surface area contributed by atoms with Gasteiger partial charge in [0.05, 0.1) is 32.0 Å². The highest BCUT2D eigenvalue weighted by molar-refractivity contribution is 7.91. The van der Waals surface area contributed by atoms with Crippen LogP contribution < -0.4 is 4.48 Å². The minimum absolute atomic E-state index is 0.0185. The van der Waals surface area contributed by atoms with Crippen LogP contribution in [0.25, 0.3) is 0 Å². The number of carbonyl (C=O) groups is 2. The van der Waals surface area contributed by atoms with Crippen molar-refractivity contribution in [2.45, 2.75) is 88.5 Å². The van der Waals surface area contributed by atoms with Crippen LogP contribution in [0.4, 0.5) is 11.4 Å². The number of carboxylic acid groups (broad SMARTS) is 2. The van der Waals surface area contributed by atoms with Crippen LogP contribution in [-0.2, 0) is 30.5 Å². The molecule has 1 aliphatic carbocycles. The number of allylic oxidation sites excluding steroid dienone is 5. The van der Waals surface area contributed by atoms with Gasteiger partial charge in [0.2, 0.25) is 5.69 Å². The molecule has 0 bridgehead atoms. The second-order valence-electron chi connectivity index (χ2n) is 14.9. The molecule has 1 fully saturated rings. The van der Waals surface area contributed by atoms with Crippen LogP contribution in [0.15, 0.2) is 75.2 Å². The molecule has 2 aromatic rings. The highest BCUT2D eigenvalue weighted by atomic mass is 32.2. The van der Waals surface area contributed by atoms with Gasteiger partial charge in [0.25, 0.3) is 10.1 Å². The molecule has 51 heavy (non-hydrogen) atoms. The molecule has 3 heterocycles. The molecular weight excluding hydrogens is 725 g/mol. The number of thiocarbonyl (C=S) groups is 2. The lowest BCUT2D eigenvalue weighted by Crippen LogP contribution is -2.55. The summed E-state index contributed by atoms with van der Waals surface area (Å²) < 4.78 is 36.4. The van der Waals surface area contributed by atoms with E-state index in [4.69, 9.17) is 37.1 Å². The molecule has 0 aromatic heterocycles. The Morgan fingerprint density at radius 1 is 1.00 bits per heavy atom. The number of nitrogens with zero attached hydrogens (tertiary/aromatic N) is 2. The molecule has 0 amide bonds. The second kappa shape index (κ2) is 13.0. The van der Waals surface area contributed by atoms with Gasteiger partial charge >= 0.3 is 11.9 Å². The van der Waals surface area contributed by atoms with Crippen molar-refractivity contribution in [3.05, 3.63) is 87.0 Å². The SMILES string of the molecule is Cc1ccc2c(c1)C(C)(C)C(=CC1=C(S)C(=CC3=[N+](CCCCC(=O)O)c4ccc(S(=O)(=O)O)cc4C3(C)C)C(=S)C1=S)[N+]21CCCC1C(=O)O. The van der Waals surface area contributed by atoms with E-state index in [1.165, 1.54) is 12.1 Å². The third-order valence-corrected chi connectivity index (χ3v) is 13.4. The summed E-state index contributed by atoms with van der Waals surface area (Å²) in [6.45, 7) is 11.3. The highest BCUT2D eigenvalue weighted by Crippen LogP contribution is 2.57. The summed E-state index contributed by atoms with van der Waals surface area (Å²) in [6, 6.07) is 10.1. The van der Waals surface area contributed by atoms with E-state index < -0.39 is 38.9 Å². The lowest BCUT2D eigenvalue weighted by Gasteiger charge is -2.37. The standard InChI is InChI=1S/C38H40N2O7S4/c1-21-11-14-28-26(17-21)38(4,5)31(40(28)16-8-9-29(40)36(43)44)20-24-33(48)23(34(49)35(24)50)19-30-37(2,3)25-18-22(51(45,46)47)12-13-27(25)39(30)15-7-6-10-32(41)42/h11-14,17-20,29H,6-10,15-16H2,1-5H3,(H2-2,41,42,43,44,45,46,47,48,50)/p+2. The topological polar surface area (TPSA) is 132 Å². The number of rotatable bonds is 9. The van der Waals surface area contributed by atoms with E-state index >= 15 is 0 Å². The van der Waals surface area contributed by atoms with Crippen molar-refractivity contribution in [1.82, 2.24) is 4.48 Å². The van der Waals surface area contributed by atoms with Crippen LogP contribution in [-0.4, -0.2) is 74.3 Å². The summed E-state index contributed by atoms with van der Waals surface area (Å²) in [4.78, 5) is 25.3. The van der Waals surface area contributed by atoms with Gasteiger partial charge in [0, 0.05) is 77.1 Å². The van der Waals surface area contributed by atoms with Crippen molar-refractivity contribution < 1.29 is 37.3 Å². The Morgan fingerprint density at radius 2 is 1.71 bits per heavy atom. The zero-order valence-corrected chi connectivity index (χ0v) is 32.5. The summed E-state index contributed by atoms with van der Waals surface area (Å²) in [5.41, 5.74) is 6.33. The van der Waals surface area contributed by atoms with Crippen molar-refractivity contribution in [2.24, 2.45) is 0 Å². The monoisotopic (exact) mass is 766 g/mol. The molecular formula is C38H42N2O7S4+2. The van der Waals surface area contributed by atoms with E-state index in [1.54, 1.807) is 6.07 Å². The molecule has 6 rings (SSSR count). The smallest absolute Gasteiger partial charge is 0.363 e. The summed E-state index contributed by atoms with van der Waals surface area (Å²) in [7, 11) is -4.47. The zero-order valence-electron chi connectivity index (χ0n) is 29.2. The third kappa shape index (κ3) is 5.99. The Labute approximate surface area is 314 Å². The van der Waals surface area contributed by atoms with E-state index in [0.29, 0.717) is 63.7 Å². The number of thiol groups is 1. The Balaban J connectivity index is 1.53. The van der Waals surface area contributed by atoms with Crippen LogP contribution in [0.2, 0.25) is 0 Å². The van der Waals surface area contributed by atoms with E-state index in [-0.39, 0.29) is 15.8 Å². The summed E-state index contributed by atoms with van der Waals surface area (Å²) >= 11 is 17.1. The van der Waals surface area contributed by atoms with Gasteiger partial charge in [-0.05, 0) is 59.2 Å². The van der Waals surface area contributed by atoms with Gasteiger partial charge in [0.1, 0.15) is 17.9 Å². The molecule has 2 aromatic carbocycles. The number of quaternary nitrogens is 1. The molecule has 2 unspecified atom stereocenters. The molecule has 1 saturated heterocycles. The predicted molar refractivity (Wildman–Crippen MR) is 209 cm³/mol. The fourth-order valence-electron chi connectivity index (χ4n) is 8.57. The number of unbranched alkanes of at least 4 members (excludes halogenated alkanes) is 1. The average molecular weight is 767 g/mol. The van der Waals surface area contributed by atoms with Gasteiger partial charge in [-0.2, -0.15) is 13.0 Å². The van der Waals surface area contributed by atoms with E-state index in [9.17, 15) is 32.8 Å². The van der Waals surface area contributed by atoms with Crippen molar-refractivity contribution in [1.29, 1.82) is 0 Å². The maximum Gasteiger partial charge on any atom is 0.363 e. The minimum Gasteiger partial charge on any atom is -0.481 e. The number of hydrogen-bond acceptors (Lipinski definition) is 7. The normalized spacial score (nSPS) is 25.1. The maximum absolute atomic E-state index is 12.8. The Morgan fingerprint density at radius 3 is 2.35 bits per heavy atom. The van der Waals surface area contributed by atoms with Crippen LogP contribution >= 0.6 is 37.1 Å². The Bertz CT molecular complexity index is 2190. The summed E-state index contributed by atoms with van der Waals surface area (Å²) in [5, 5.41) is 19.7. The van der Waals surface area contributed by atoms with Gasteiger partial charge in [0.15, 0.2) is 11.8 Å². The molecule has 3 N–H and O–H groups in total. The minimum atomic E-state index is -4.47. The predicted octanol–water partition coefficient (Wildman–Crippen LogP) is 7.17. The number of benzene rings is 2. The van der Waals surface area contributed by atoms with Crippen molar-refractivity contribution >= 4 is 85.9 Å². The Kier molecular flexibility index (Phi) is 9.51. The Hall–Kier alpha value is -3.33. The van der Waals surface area contributed by atoms with Crippen molar-refractivity contribution in [3.63, 3.8) is 0 Å². The lowest BCUT2D eigenvalue weighted by molar-refractivity contribution is -0.438. The fourth-order valence-corrected chi connectivity index (χ4v) is 10.1. The fraction of sp³-hybridized carbons (Fsp3) is 0.395. The molecule has 0 saturated carbocycles. The molecule has 4 aliphatic rings. The second-order valence-corrected chi connectivity index (χ2v) is 17.6. The van der Waals surface area contributed by atoms with Crippen molar-refractivity contribution in [2.75, 3.05) is 13.1 Å².